The zero-order valence-corrected chi connectivity index (χ0v) is 38.4. The molecule has 1 rings (SSSR count). The van der Waals surface area contributed by atoms with Crippen LogP contribution in [0.4, 0.5) is 0 Å². The number of ketones is 1. The highest BCUT2D eigenvalue weighted by atomic mass is 16.3. The fourth-order valence-corrected chi connectivity index (χ4v) is 6.04. The number of amides is 9. The fourth-order valence-electron chi connectivity index (χ4n) is 6.04. The summed E-state index contributed by atoms with van der Waals surface area (Å²) in [5, 5.41) is 29.0. The van der Waals surface area contributed by atoms with Crippen molar-refractivity contribution < 1.29 is 53.1 Å². The maximum Gasteiger partial charge on any atom is 0.290 e. The summed E-state index contributed by atoms with van der Waals surface area (Å²) in [4.78, 5) is 137. The molecule has 67 heavy (non-hydrogen) atoms. The quantitative estimate of drug-likeness (QED) is 0.0148. The Kier molecular flexibility index (Phi) is 25.8. The Balaban J connectivity index is 3.10. The van der Waals surface area contributed by atoms with Crippen LogP contribution in [0.1, 0.15) is 72.3 Å². The Hall–Kier alpha value is -7.38. The second-order valence-corrected chi connectivity index (χ2v) is 15.9. The number of hydrogen-bond donors (Lipinski definition) is 14. The summed E-state index contributed by atoms with van der Waals surface area (Å²) in [6.45, 7) is 5.75. The van der Waals surface area contributed by atoms with E-state index in [4.69, 9.17) is 28.7 Å². The minimum Gasteiger partial charge on any atom is -0.394 e. The molecule has 0 radical (unpaired) electrons. The molecule has 0 saturated heterocycles. The molecular weight excluding hydrogens is 879 g/mol. The zero-order valence-electron chi connectivity index (χ0n) is 38.4. The number of aliphatic hydroxyl groups excluding tert-OH is 1. The van der Waals surface area contributed by atoms with E-state index < -0.39 is 114 Å². The van der Waals surface area contributed by atoms with Gasteiger partial charge >= 0.3 is 0 Å². The van der Waals surface area contributed by atoms with Gasteiger partial charge < -0.3 is 76.3 Å². The summed E-state index contributed by atoms with van der Waals surface area (Å²) >= 11 is 0. The number of guanidine groups is 2. The third-order valence-electron chi connectivity index (χ3n) is 9.47. The molecule has 0 spiro atoms. The molecule has 1 aromatic carbocycles. The topological polar surface area (TPSA) is 442 Å². The number of benzene rings is 1. The van der Waals surface area contributed by atoms with E-state index >= 15 is 0 Å². The lowest BCUT2D eigenvalue weighted by Crippen LogP contribution is -2.58. The highest BCUT2D eigenvalue weighted by Gasteiger charge is 2.33. The molecule has 9 amide bonds. The van der Waals surface area contributed by atoms with Crippen molar-refractivity contribution in [1.29, 1.82) is 0 Å². The number of nitrogens with two attached hydrogens (primary N) is 5. The van der Waals surface area contributed by atoms with Crippen LogP contribution in [0, 0.1) is 5.92 Å². The Labute approximate surface area is 388 Å². The number of nitrogens with one attached hydrogen (secondary N) is 8. The SMILES string of the molecule is CC(=O)N[C@@H](Cc1ccccc1)C(=O)N[C@@H](C)C(=O)N[C@@H](C)C(=O)NCC(=O)N[C@@H](CCCN=C(N)N)C(=O)N[C@@H](CCCN=C(N)N)C(=O)C(=O)N[C@@H](CO)C(=O)N[C@@H](CC(C)C)C(N)=O. The first-order valence-electron chi connectivity index (χ1n) is 21.4. The normalized spacial score (nSPS) is 13.8. The molecule has 0 unspecified atom stereocenters. The molecule has 0 aliphatic carbocycles. The summed E-state index contributed by atoms with van der Waals surface area (Å²) in [6.07, 6.45) is 0.0792. The third kappa shape index (κ3) is 23.4. The van der Waals surface area contributed by atoms with Crippen LogP contribution in [-0.4, -0.2) is 145 Å². The highest BCUT2D eigenvalue weighted by Crippen LogP contribution is 2.08. The Morgan fingerprint density at radius 1 is 0.582 bits per heavy atom. The van der Waals surface area contributed by atoms with E-state index in [1.165, 1.54) is 20.8 Å². The van der Waals surface area contributed by atoms with Crippen molar-refractivity contribution in [3.8, 4) is 0 Å². The molecular formula is C41H67N15O11. The second-order valence-electron chi connectivity index (χ2n) is 15.9. The first kappa shape index (κ1) is 57.6. The molecule has 0 bridgehead atoms. The van der Waals surface area contributed by atoms with E-state index in [0.29, 0.717) is 0 Å². The second kappa shape index (κ2) is 29.9. The lowest BCUT2D eigenvalue weighted by molar-refractivity contribution is -0.142. The van der Waals surface area contributed by atoms with Crippen LogP contribution in [-0.2, 0) is 54.4 Å². The van der Waals surface area contributed by atoms with Gasteiger partial charge in [-0.25, -0.2) is 0 Å². The van der Waals surface area contributed by atoms with Gasteiger partial charge in [-0.1, -0.05) is 44.2 Å². The fraction of sp³-hybridized carbons (Fsp3) is 0.561. The number of carbonyl (C=O) groups excluding carboxylic acids is 10. The number of Topliss-reactive ketones (excluding diaryl/α,β-unsaturated/α-hetero) is 1. The molecule has 1 aromatic rings. The number of primary amides is 1. The van der Waals surface area contributed by atoms with Gasteiger partial charge in [0.25, 0.3) is 5.91 Å². The van der Waals surface area contributed by atoms with E-state index in [-0.39, 0.29) is 69.5 Å². The van der Waals surface area contributed by atoms with Gasteiger partial charge in [0.05, 0.1) is 19.2 Å². The maximum atomic E-state index is 13.7. The highest BCUT2D eigenvalue weighted by molar-refractivity contribution is 6.38. The van der Waals surface area contributed by atoms with E-state index in [9.17, 15) is 53.1 Å². The van der Waals surface area contributed by atoms with Crippen molar-refractivity contribution >= 4 is 70.9 Å². The lowest BCUT2D eigenvalue weighted by Gasteiger charge is -2.24. The Morgan fingerprint density at radius 3 is 1.61 bits per heavy atom. The minimum absolute atomic E-state index is 0.0113. The molecule has 0 aliphatic heterocycles. The van der Waals surface area contributed by atoms with Crippen LogP contribution in [0.15, 0.2) is 40.3 Å². The predicted octanol–water partition coefficient (Wildman–Crippen LogP) is -6.00. The van der Waals surface area contributed by atoms with Crippen LogP contribution in [0.25, 0.3) is 0 Å². The van der Waals surface area contributed by atoms with Gasteiger partial charge in [0, 0.05) is 26.4 Å². The molecule has 19 N–H and O–H groups in total. The summed E-state index contributed by atoms with van der Waals surface area (Å²) in [5.41, 5.74) is 27.7. The molecule has 0 fully saturated rings. The maximum absolute atomic E-state index is 13.7. The zero-order chi connectivity index (χ0) is 50.8. The number of nitrogens with zero attached hydrogens (tertiary/aromatic N) is 2. The molecule has 372 valence electrons. The predicted molar refractivity (Wildman–Crippen MR) is 244 cm³/mol. The van der Waals surface area contributed by atoms with Crippen LogP contribution < -0.4 is 71.2 Å². The van der Waals surface area contributed by atoms with Crippen LogP contribution in [0.2, 0.25) is 0 Å². The Morgan fingerprint density at radius 2 is 1.09 bits per heavy atom. The molecule has 0 saturated carbocycles. The van der Waals surface area contributed by atoms with Crippen LogP contribution in [0.3, 0.4) is 0 Å². The summed E-state index contributed by atoms with van der Waals surface area (Å²) in [5.74, 6) is -9.69. The van der Waals surface area contributed by atoms with Gasteiger partial charge in [-0.3, -0.25) is 57.9 Å². The Bertz CT molecular complexity index is 1940. The lowest BCUT2D eigenvalue weighted by atomic mass is 10.0. The van der Waals surface area contributed by atoms with Gasteiger partial charge in [-0.2, -0.15) is 0 Å². The standard InChI is InChI=1S/C41H67N15O11/c1-21(2)17-28(33(42)61)55-38(66)30(20-57)56-39(67)32(60)26(13-9-15-47-40(43)44)54-36(64)27(14-10-16-48-41(45)46)53-31(59)19-49-34(62)22(3)50-35(63)23(4)51-37(65)29(52-24(5)58)18-25-11-7-6-8-12-25/h6-8,11-12,21-23,26-30,57H,9-10,13-20H2,1-5H3,(H2,42,61)(H,49,62)(H,50,63)(H,51,65)(H,52,58)(H,53,59)(H,54,64)(H,55,66)(H,56,67)(H4,43,44,47)(H4,45,46,48)/t22-,23-,26-,27-,28-,29-,30-/m0/s1. The minimum atomic E-state index is -1.71. The summed E-state index contributed by atoms with van der Waals surface area (Å²) in [7, 11) is 0. The molecule has 0 heterocycles. The average molecular weight is 946 g/mol. The molecule has 0 aliphatic rings. The molecule has 26 heteroatoms. The van der Waals surface area contributed by atoms with Gasteiger partial charge in [0.15, 0.2) is 11.9 Å². The van der Waals surface area contributed by atoms with Gasteiger partial charge in [0.1, 0.15) is 36.3 Å². The van der Waals surface area contributed by atoms with Gasteiger partial charge in [0.2, 0.25) is 53.0 Å². The average Bonchev–Trinajstić information content (AvgIpc) is 3.25. The van der Waals surface area contributed by atoms with Crippen molar-refractivity contribution in [2.45, 2.75) is 115 Å². The third-order valence-corrected chi connectivity index (χ3v) is 9.47. The number of carbonyl (C=O) groups is 10. The largest absolute Gasteiger partial charge is 0.394 e. The number of hydrogen-bond acceptors (Lipinski definition) is 13. The van der Waals surface area contributed by atoms with Crippen molar-refractivity contribution in [2.24, 2.45) is 44.6 Å². The smallest absolute Gasteiger partial charge is 0.290 e. The van der Waals surface area contributed by atoms with Gasteiger partial charge in [-0.05, 0) is 57.4 Å². The number of aliphatic imine (C=N–C) groups is 2. The first-order chi connectivity index (χ1) is 31.4. The van der Waals surface area contributed by atoms with E-state index in [0.717, 1.165) is 5.56 Å². The van der Waals surface area contributed by atoms with Crippen molar-refractivity contribution in [2.75, 3.05) is 26.2 Å². The molecule has 26 nitrogen and oxygen atoms in total. The first-order valence-corrected chi connectivity index (χ1v) is 21.4. The van der Waals surface area contributed by atoms with Crippen LogP contribution in [0.5, 0.6) is 0 Å². The van der Waals surface area contributed by atoms with E-state index in [1.807, 2.05) is 0 Å². The van der Waals surface area contributed by atoms with Crippen LogP contribution >= 0.6 is 0 Å². The monoisotopic (exact) mass is 946 g/mol. The summed E-state index contributed by atoms with van der Waals surface area (Å²) < 4.78 is 0. The van der Waals surface area contributed by atoms with Crippen molar-refractivity contribution in [1.82, 2.24) is 42.5 Å². The number of rotatable bonds is 30. The summed E-state index contributed by atoms with van der Waals surface area (Å²) in [6, 6.07) is -0.390. The van der Waals surface area contributed by atoms with Crippen molar-refractivity contribution in [3.05, 3.63) is 35.9 Å². The van der Waals surface area contributed by atoms with Gasteiger partial charge in [-0.15, -0.1) is 0 Å². The number of aliphatic hydroxyl groups is 1. The van der Waals surface area contributed by atoms with E-state index in [2.05, 4.69) is 52.5 Å². The molecule has 0 aromatic heterocycles. The molecule has 7 atom stereocenters. The van der Waals surface area contributed by atoms with E-state index in [1.54, 1.807) is 44.2 Å². The van der Waals surface area contributed by atoms with Crippen molar-refractivity contribution in [3.63, 3.8) is 0 Å².